The fourth-order valence-electron chi connectivity index (χ4n) is 2.29. The van der Waals surface area contributed by atoms with Crippen LogP contribution in [0, 0.1) is 11.6 Å². The first-order valence-corrected chi connectivity index (χ1v) is 9.13. The van der Waals surface area contributed by atoms with E-state index in [9.17, 15) is 22.0 Å². The third-order valence-corrected chi connectivity index (χ3v) is 5.53. The number of rotatable bonds is 6. The zero-order valence-corrected chi connectivity index (χ0v) is 14.0. The number of halogens is 2. The molecule has 132 valence electrons. The summed E-state index contributed by atoms with van der Waals surface area (Å²) in [6.07, 6.45) is 1.74. The molecule has 1 aliphatic rings. The van der Waals surface area contributed by atoms with Crippen LogP contribution in [0.15, 0.2) is 53.4 Å². The van der Waals surface area contributed by atoms with Gasteiger partial charge in [0.05, 0.1) is 10.6 Å². The summed E-state index contributed by atoms with van der Waals surface area (Å²) in [5, 5.41) is 2.72. The van der Waals surface area contributed by atoms with Gasteiger partial charge in [-0.1, -0.05) is 0 Å². The van der Waals surface area contributed by atoms with Crippen LogP contribution in [-0.2, 0) is 14.8 Å². The van der Waals surface area contributed by atoms with E-state index < -0.39 is 34.1 Å². The Bertz CT molecular complexity index is 864. The maximum Gasteiger partial charge on any atom is 0.264 e. The van der Waals surface area contributed by atoms with Crippen molar-refractivity contribution in [3.8, 4) is 0 Å². The van der Waals surface area contributed by atoms with Gasteiger partial charge in [-0.15, -0.1) is 0 Å². The SMILES string of the molecule is O=C(CN(c1ccc(F)cc1)S(=O)(=O)c1ccc(F)cc1)NC1CC1. The Balaban J connectivity index is 1.94. The molecule has 8 heteroatoms. The summed E-state index contributed by atoms with van der Waals surface area (Å²) in [5.74, 6) is -1.54. The van der Waals surface area contributed by atoms with Crippen molar-refractivity contribution < 1.29 is 22.0 Å². The molecule has 0 aromatic heterocycles. The minimum Gasteiger partial charge on any atom is -0.352 e. The van der Waals surface area contributed by atoms with Crippen molar-refractivity contribution in [2.24, 2.45) is 0 Å². The predicted octanol–water partition coefficient (Wildman–Crippen LogP) is 2.44. The minimum absolute atomic E-state index is 0.0797. The molecule has 2 aromatic carbocycles. The molecule has 0 radical (unpaired) electrons. The summed E-state index contributed by atoms with van der Waals surface area (Å²) in [6.45, 7) is -0.443. The lowest BCUT2D eigenvalue weighted by Crippen LogP contribution is -2.41. The third-order valence-electron chi connectivity index (χ3n) is 3.75. The number of sulfonamides is 1. The van der Waals surface area contributed by atoms with Crippen LogP contribution in [0.25, 0.3) is 0 Å². The van der Waals surface area contributed by atoms with E-state index >= 15 is 0 Å². The van der Waals surface area contributed by atoms with Crippen molar-refractivity contribution in [1.29, 1.82) is 0 Å². The molecular formula is C17H16F2N2O3S. The number of hydrogen-bond acceptors (Lipinski definition) is 3. The maximum absolute atomic E-state index is 13.2. The van der Waals surface area contributed by atoms with Crippen molar-refractivity contribution in [2.75, 3.05) is 10.8 Å². The van der Waals surface area contributed by atoms with E-state index in [1.807, 2.05) is 0 Å². The Hall–Kier alpha value is -2.48. The summed E-state index contributed by atoms with van der Waals surface area (Å²) in [7, 11) is -4.11. The molecule has 1 N–H and O–H groups in total. The molecular weight excluding hydrogens is 350 g/mol. The van der Waals surface area contributed by atoms with Crippen molar-refractivity contribution in [2.45, 2.75) is 23.8 Å². The largest absolute Gasteiger partial charge is 0.352 e. The quantitative estimate of drug-likeness (QED) is 0.854. The summed E-state index contributed by atoms with van der Waals surface area (Å²) < 4.78 is 52.9. The van der Waals surface area contributed by atoms with Gasteiger partial charge in [0.1, 0.15) is 18.2 Å². The van der Waals surface area contributed by atoms with E-state index in [1.165, 1.54) is 12.1 Å². The highest BCUT2D eigenvalue weighted by Gasteiger charge is 2.30. The van der Waals surface area contributed by atoms with Gasteiger partial charge in [0.25, 0.3) is 10.0 Å². The molecule has 5 nitrogen and oxygen atoms in total. The monoisotopic (exact) mass is 366 g/mol. The molecule has 0 saturated heterocycles. The number of carbonyl (C=O) groups excluding carboxylic acids is 1. The predicted molar refractivity (Wildman–Crippen MR) is 88.5 cm³/mol. The molecule has 1 aliphatic carbocycles. The summed E-state index contributed by atoms with van der Waals surface area (Å²) in [5.41, 5.74) is 0.150. The number of nitrogens with one attached hydrogen (secondary N) is 1. The normalized spacial score (nSPS) is 14.2. The smallest absolute Gasteiger partial charge is 0.264 e. The van der Waals surface area contributed by atoms with Crippen LogP contribution in [0.5, 0.6) is 0 Å². The molecule has 2 aromatic rings. The van der Waals surface area contributed by atoms with Crippen molar-refractivity contribution in [3.63, 3.8) is 0 Å². The van der Waals surface area contributed by atoms with E-state index in [4.69, 9.17) is 0 Å². The summed E-state index contributed by atoms with van der Waals surface area (Å²) >= 11 is 0. The number of amides is 1. The molecule has 0 unspecified atom stereocenters. The lowest BCUT2D eigenvalue weighted by Gasteiger charge is -2.24. The Morgan fingerprint density at radius 2 is 1.52 bits per heavy atom. The first-order chi connectivity index (χ1) is 11.9. The van der Waals surface area contributed by atoms with Gasteiger partial charge < -0.3 is 5.32 Å². The first kappa shape index (κ1) is 17.3. The Morgan fingerprint density at radius 1 is 1.00 bits per heavy atom. The van der Waals surface area contributed by atoms with Gasteiger partial charge in [0.2, 0.25) is 5.91 Å². The van der Waals surface area contributed by atoms with Gasteiger partial charge in [0, 0.05) is 6.04 Å². The highest BCUT2D eigenvalue weighted by atomic mass is 32.2. The van der Waals surface area contributed by atoms with Crippen LogP contribution < -0.4 is 9.62 Å². The van der Waals surface area contributed by atoms with Crippen LogP contribution in [0.3, 0.4) is 0 Å². The van der Waals surface area contributed by atoms with Gasteiger partial charge >= 0.3 is 0 Å². The molecule has 1 saturated carbocycles. The van der Waals surface area contributed by atoms with Crippen LogP contribution in [0.2, 0.25) is 0 Å². The second kappa shape index (κ2) is 6.79. The molecule has 0 bridgehead atoms. The molecule has 1 amide bonds. The second-order valence-corrected chi connectivity index (χ2v) is 7.65. The number of nitrogens with zero attached hydrogens (tertiary/aromatic N) is 1. The molecule has 0 heterocycles. The van der Waals surface area contributed by atoms with Crippen LogP contribution in [-0.4, -0.2) is 26.9 Å². The second-order valence-electron chi connectivity index (χ2n) is 5.78. The average Bonchev–Trinajstić information content (AvgIpc) is 3.38. The van der Waals surface area contributed by atoms with Crippen molar-refractivity contribution in [1.82, 2.24) is 5.32 Å². The van der Waals surface area contributed by atoms with Gasteiger partial charge in [-0.3, -0.25) is 9.10 Å². The Kier molecular flexibility index (Phi) is 4.71. The van der Waals surface area contributed by atoms with Gasteiger partial charge in [-0.25, -0.2) is 17.2 Å². The van der Waals surface area contributed by atoms with E-state index in [1.54, 1.807) is 0 Å². The summed E-state index contributed by atoms with van der Waals surface area (Å²) in [6, 6.07) is 9.17. The number of carbonyl (C=O) groups is 1. The van der Waals surface area contributed by atoms with E-state index in [-0.39, 0.29) is 16.6 Å². The third kappa shape index (κ3) is 4.14. The molecule has 0 aliphatic heterocycles. The van der Waals surface area contributed by atoms with Crippen molar-refractivity contribution >= 4 is 21.6 Å². The van der Waals surface area contributed by atoms with Crippen LogP contribution >= 0.6 is 0 Å². The van der Waals surface area contributed by atoms with Crippen LogP contribution in [0.1, 0.15) is 12.8 Å². The van der Waals surface area contributed by atoms with E-state index in [0.29, 0.717) is 0 Å². The van der Waals surface area contributed by atoms with E-state index in [0.717, 1.165) is 53.5 Å². The molecule has 0 atom stereocenters. The van der Waals surface area contributed by atoms with Crippen LogP contribution in [0.4, 0.5) is 14.5 Å². The van der Waals surface area contributed by atoms with Gasteiger partial charge in [0.15, 0.2) is 0 Å². The molecule has 3 rings (SSSR count). The Labute approximate surface area is 144 Å². The number of hydrogen-bond donors (Lipinski definition) is 1. The minimum atomic E-state index is -4.11. The highest BCUT2D eigenvalue weighted by Crippen LogP contribution is 2.25. The topological polar surface area (TPSA) is 66.5 Å². The average molecular weight is 366 g/mol. The molecule has 1 fully saturated rings. The number of benzene rings is 2. The van der Waals surface area contributed by atoms with E-state index in [2.05, 4.69) is 5.32 Å². The summed E-state index contributed by atoms with van der Waals surface area (Å²) in [4.78, 5) is 12.0. The fraction of sp³-hybridized carbons (Fsp3) is 0.235. The highest BCUT2D eigenvalue weighted by molar-refractivity contribution is 7.92. The lowest BCUT2D eigenvalue weighted by atomic mass is 10.3. The van der Waals surface area contributed by atoms with Gasteiger partial charge in [-0.05, 0) is 61.4 Å². The molecule has 25 heavy (non-hydrogen) atoms. The lowest BCUT2D eigenvalue weighted by molar-refractivity contribution is -0.119. The first-order valence-electron chi connectivity index (χ1n) is 7.69. The zero-order chi connectivity index (χ0) is 18.0. The van der Waals surface area contributed by atoms with Crippen molar-refractivity contribution in [3.05, 3.63) is 60.2 Å². The van der Waals surface area contributed by atoms with Gasteiger partial charge in [-0.2, -0.15) is 0 Å². The Morgan fingerprint density at radius 3 is 2.04 bits per heavy atom. The molecule has 0 spiro atoms. The standard InChI is InChI=1S/C17H16F2N2O3S/c18-12-1-7-15(8-2-12)21(11-17(22)20-14-5-6-14)25(23,24)16-9-3-13(19)4-10-16/h1-4,7-10,14H,5-6,11H2,(H,20,22). The fourth-order valence-corrected chi connectivity index (χ4v) is 3.71. The maximum atomic E-state index is 13.2. The number of anilines is 1. The zero-order valence-electron chi connectivity index (χ0n) is 13.2.